The van der Waals surface area contributed by atoms with E-state index in [1.165, 1.54) is 70.3 Å². The minimum Gasteiger partial charge on any atom is -0.402 e. The molecular formula is C22H38NO5P. The molecule has 0 spiro atoms. The molecule has 0 bridgehead atoms. The molecule has 0 heterocycles. The summed E-state index contributed by atoms with van der Waals surface area (Å²) >= 11 is 0. The van der Waals surface area contributed by atoms with Crippen molar-refractivity contribution in [3.05, 3.63) is 24.3 Å². The molecule has 1 amide bonds. The Morgan fingerprint density at radius 1 is 0.862 bits per heavy atom. The van der Waals surface area contributed by atoms with Crippen LogP contribution in [0.15, 0.2) is 24.3 Å². The number of phosphoric acid groups is 1. The van der Waals surface area contributed by atoms with Crippen LogP contribution in [-0.2, 0) is 9.36 Å². The molecule has 0 aromatic heterocycles. The number of para-hydroxylation sites is 2. The fourth-order valence-electron chi connectivity index (χ4n) is 3.29. The van der Waals surface area contributed by atoms with Crippen molar-refractivity contribution in [3.63, 3.8) is 0 Å². The lowest BCUT2D eigenvalue weighted by atomic mass is 10.0. The summed E-state index contributed by atoms with van der Waals surface area (Å²) in [5.74, 6) is -0.200. The van der Waals surface area contributed by atoms with E-state index < -0.39 is 7.82 Å². The maximum Gasteiger partial charge on any atom is 0.524 e. The zero-order chi connectivity index (χ0) is 21.4. The van der Waals surface area contributed by atoms with Gasteiger partial charge < -0.3 is 9.84 Å². The summed E-state index contributed by atoms with van der Waals surface area (Å²) < 4.78 is 15.6. The molecule has 1 aromatic rings. The van der Waals surface area contributed by atoms with Gasteiger partial charge in [-0.25, -0.2) is 4.57 Å². The van der Waals surface area contributed by atoms with Gasteiger partial charge in [-0.05, 0) is 18.6 Å². The van der Waals surface area contributed by atoms with E-state index in [0.717, 1.165) is 19.3 Å². The van der Waals surface area contributed by atoms with Crippen molar-refractivity contribution in [2.24, 2.45) is 0 Å². The first-order chi connectivity index (χ1) is 13.9. The lowest BCUT2D eigenvalue weighted by molar-refractivity contribution is -0.116. The normalized spacial score (nSPS) is 11.4. The van der Waals surface area contributed by atoms with Crippen molar-refractivity contribution >= 4 is 19.4 Å². The zero-order valence-corrected chi connectivity index (χ0v) is 18.7. The molecule has 0 radical (unpaired) electrons. The molecular weight excluding hydrogens is 389 g/mol. The second-order valence-corrected chi connectivity index (χ2v) is 8.78. The third-order valence-electron chi connectivity index (χ3n) is 4.89. The second-order valence-electron chi connectivity index (χ2n) is 7.62. The standard InChI is InChI=1S/C22H38NO5P/c1-2-3-4-5-6-7-8-9-10-11-12-13-14-19-22(24)23-20-17-15-16-18-21(20)28-29(25,26)27/h15-18H,2-14,19H2,1H3,(H,23,24)(H2,25,26,27). The Kier molecular flexibility index (Phi) is 13.7. The average molecular weight is 428 g/mol. The topological polar surface area (TPSA) is 95.9 Å². The van der Waals surface area contributed by atoms with Gasteiger partial charge >= 0.3 is 7.82 Å². The number of amides is 1. The number of benzene rings is 1. The summed E-state index contributed by atoms with van der Waals surface area (Å²) in [5, 5.41) is 2.67. The van der Waals surface area contributed by atoms with Crippen LogP contribution in [0, 0.1) is 0 Å². The summed E-state index contributed by atoms with van der Waals surface area (Å²) in [7, 11) is -4.66. The van der Waals surface area contributed by atoms with Crippen LogP contribution in [0.25, 0.3) is 0 Å². The molecule has 3 N–H and O–H groups in total. The first-order valence-electron chi connectivity index (χ1n) is 11.1. The van der Waals surface area contributed by atoms with E-state index in [1.54, 1.807) is 18.2 Å². The van der Waals surface area contributed by atoms with E-state index in [2.05, 4.69) is 16.8 Å². The van der Waals surface area contributed by atoms with Crippen molar-refractivity contribution in [1.29, 1.82) is 0 Å². The van der Waals surface area contributed by atoms with Gasteiger partial charge in [-0.3, -0.25) is 14.6 Å². The van der Waals surface area contributed by atoms with Crippen LogP contribution in [0.1, 0.15) is 96.8 Å². The molecule has 1 aromatic carbocycles. The highest BCUT2D eigenvalue weighted by atomic mass is 31.2. The number of rotatable bonds is 17. The van der Waals surface area contributed by atoms with Gasteiger partial charge in [0.1, 0.15) is 0 Å². The van der Waals surface area contributed by atoms with Gasteiger partial charge in [-0.15, -0.1) is 0 Å². The minimum atomic E-state index is -4.66. The SMILES string of the molecule is CCCCCCCCCCCCCCCC(=O)Nc1ccccc1OP(=O)(O)O. The molecule has 166 valence electrons. The third-order valence-corrected chi connectivity index (χ3v) is 5.32. The van der Waals surface area contributed by atoms with E-state index >= 15 is 0 Å². The Morgan fingerprint density at radius 3 is 1.86 bits per heavy atom. The highest BCUT2D eigenvalue weighted by Crippen LogP contribution is 2.40. The van der Waals surface area contributed by atoms with Crippen LogP contribution in [0.2, 0.25) is 0 Å². The van der Waals surface area contributed by atoms with Gasteiger partial charge in [0.05, 0.1) is 5.69 Å². The molecule has 7 heteroatoms. The molecule has 0 unspecified atom stereocenters. The maximum atomic E-state index is 12.1. The van der Waals surface area contributed by atoms with Gasteiger partial charge in [0.25, 0.3) is 0 Å². The average Bonchev–Trinajstić information content (AvgIpc) is 2.66. The molecule has 0 atom stereocenters. The Labute approximate surface area is 175 Å². The maximum absolute atomic E-state index is 12.1. The molecule has 0 aliphatic carbocycles. The lowest BCUT2D eigenvalue weighted by Crippen LogP contribution is -2.12. The summed E-state index contributed by atoms with van der Waals surface area (Å²) in [6, 6.07) is 6.24. The van der Waals surface area contributed by atoms with Crippen LogP contribution >= 0.6 is 7.82 Å². The summed E-state index contributed by atoms with van der Waals surface area (Å²) in [6.45, 7) is 2.25. The number of carbonyl (C=O) groups is 1. The van der Waals surface area contributed by atoms with Gasteiger partial charge in [-0.2, -0.15) is 0 Å². The highest BCUT2D eigenvalue weighted by Gasteiger charge is 2.18. The second kappa shape index (κ2) is 15.5. The Hall–Kier alpha value is -1.36. The minimum absolute atomic E-state index is 0.0282. The van der Waals surface area contributed by atoms with Crippen LogP contribution in [-0.4, -0.2) is 15.7 Å². The van der Waals surface area contributed by atoms with Crippen molar-refractivity contribution in [1.82, 2.24) is 0 Å². The lowest BCUT2D eigenvalue weighted by Gasteiger charge is -2.12. The predicted molar refractivity (Wildman–Crippen MR) is 118 cm³/mol. The van der Waals surface area contributed by atoms with Crippen molar-refractivity contribution in [2.75, 3.05) is 5.32 Å². The number of nitrogens with one attached hydrogen (secondary N) is 1. The molecule has 0 saturated heterocycles. The van der Waals surface area contributed by atoms with Crippen LogP contribution < -0.4 is 9.84 Å². The number of anilines is 1. The number of phosphoric ester groups is 1. The fourth-order valence-corrected chi connectivity index (χ4v) is 3.71. The third kappa shape index (κ3) is 14.3. The van der Waals surface area contributed by atoms with E-state index in [0.29, 0.717) is 6.42 Å². The van der Waals surface area contributed by atoms with E-state index in [4.69, 9.17) is 9.79 Å². The molecule has 0 aliphatic rings. The monoisotopic (exact) mass is 427 g/mol. The zero-order valence-electron chi connectivity index (χ0n) is 17.8. The number of hydrogen-bond acceptors (Lipinski definition) is 3. The fraction of sp³-hybridized carbons (Fsp3) is 0.682. The molecule has 0 fully saturated rings. The first-order valence-corrected chi connectivity index (χ1v) is 12.6. The quantitative estimate of drug-likeness (QED) is 0.193. The largest absolute Gasteiger partial charge is 0.524 e. The van der Waals surface area contributed by atoms with Gasteiger partial charge in [0.15, 0.2) is 5.75 Å². The first kappa shape index (κ1) is 25.7. The van der Waals surface area contributed by atoms with Crippen molar-refractivity contribution in [3.8, 4) is 5.75 Å². The number of unbranched alkanes of at least 4 members (excludes halogenated alkanes) is 12. The molecule has 0 aliphatic heterocycles. The van der Waals surface area contributed by atoms with Crippen LogP contribution in [0.4, 0.5) is 5.69 Å². The molecule has 0 saturated carbocycles. The van der Waals surface area contributed by atoms with Crippen LogP contribution in [0.5, 0.6) is 5.75 Å². The Bertz CT molecular complexity index is 617. The predicted octanol–water partition coefficient (Wildman–Crippen LogP) is 6.58. The van der Waals surface area contributed by atoms with E-state index in [9.17, 15) is 9.36 Å². The number of carbonyl (C=O) groups excluding carboxylic acids is 1. The molecule has 1 rings (SSSR count). The van der Waals surface area contributed by atoms with Gasteiger partial charge in [0, 0.05) is 6.42 Å². The molecule has 29 heavy (non-hydrogen) atoms. The summed E-state index contributed by atoms with van der Waals surface area (Å²) in [5.41, 5.74) is 0.274. The molecule has 6 nitrogen and oxygen atoms in total. The van der Waals surface area contributed by atoms with Crippen molar-refractivity contribution < 1.29 is 23.7 Å². The van der Waals surface area contributed by atoms with Gasteiger partial charge in [0.2, 0.25) is 5.91 Å². The Morgan fingerprint density at radius 2 is 1.34 bits per heavy atom. The summed E-state index contributed by atoms with van der Waals surface area (Å²) in [4.78, 5) is 30.0. The summed E-state index contributed by atoms with van der Waals surface area (Å²) in [6.07, 6.45) is 16.7. The Balaban J connectivity index is 2.06. The number of hydrogen-bond donors (Lipinski definition) is 3. The highest BCUT2D eigenvalue weighted by molar-refractivity contribution is 7.46. The van der Waals surface area contributed by atoms with Crippen LogP contribution in [0.3, 0.4) is 0 Å². The van der Waals surface area contributed by atoms with Gasteiger partial charge in [-0.1, -0.05) is 96.1 Å². The van der Waals surface area contributed by atoms with E-state index in [-0.39, 0.29) is 17.3 Å². The smallest absolute Gasteiger partial charge is 0.402 e. The van der Waals surface area contributed by atoms with Crippen molar-refractivity contribution in [2.45, 2.75) is 96.8 Å². The van der Waals surface area contributed by atoms with E-state index in [1.807, 2.05) is 0 Å².